The summed E-state index contributed by atoms with van der Waals surface area (Å²) in [5, 5.41) is 4.32. The highest BCUT2D eigenvalue weighted by molar-refractivity contribution is 6.33. The zero-order chi connectivity index (χ0) is 21.6. The molecule has 2 heterocycles. The average molecular weight is 442 g/mol. The van der Waals surface area contributed by atoms with E-state index >= 15 is 0 Å². The second-order valence-electron chi connectivity index (χ2n) is 10.2. The Morgan fingerprint density at radius 2 is 1.90 bits per heavy atom. The van der Waals surface area contributed by atoms with Crippen molar-refractivity contribution in [2.45, 2.75) is 38.5 Å². The minimum atomic E-state index is 0.255. The van der Waals surface area contributed by atoms with Crippen LogP contribution in [-0.2, 0) is 17.6 Å². The molecule has 1 saturated carbocycles. The van der Waals surface area contributed by atoms with E-state index in [0.29, 0.717) is 5.02 Å². The summed E-state index contributed by atoms with van der Waals surface area (Å²) in [6.07, 6.45) is 8.94. The lowest BCUT2D eigenvalue weighted by Crippen LogP contribution is -2.40. The number of nitrogen functional groups attached to an aromatic ring is 1. The summed E-state index contributed by atoms with van der Waals surface area (Å²) in [5.41, 5.74) is 12.1. The molecule has 1 aromatic carbocycles. The van der Waals surface area contributed by atoms with E-state index in [4.69, 9.17) is 22.1 Å². The molecule has 5 rings (SSSR count). The highest BCUT2D eigenvalue weighted by Crippen LogP contribution is 2.52. The van der Waals surface area contributed by atoms with Gasteiger partial charge in [0.1, 0.15) is 0 Å². The Balaban J connectivity index is 1.15. The Hall–Kier alpha value is -1.49. The van der Waals surface area contributed by atoms with Crippen LogP contribution in [0.4, 0.5) is 5.69 Å². The number of hydrogen-bond acceptors (Lipinski definition) is 4. The molecule has 0 bridgehead atoms. The van der Waals surface area contributed by atoms with Crippen LogP contribution < -0.4 is 11.1 Å². The van der Waals surface area contributed by atoms with Crippen molar-refractivity contribution < 1.29 is 4.74 Å². The van der Waals surface area contributed by atoms with Gasteiger partial charge in [0.25, 0.3) is 0 Å². The fourth-order valence-electron chi connectivity index (χ4n) is 6.36. The Morgan fingerprint density at radius 3 is 2.58 bits per heavy atom. The third kappa shape index (κ3) is 4.03. The zero-order valence-electron chi connectivity index (χ0n) is 18.6. The van der Waals surface area contributed by atoms with Gasteiger partial charge in [-0.05, 0) is 73.5 Å². The molecule has 4 aliphatic rings. The van der Waals surface area contributed by atoms with Crippen LogP contribution >= 0.6 is 11.6 Å². The lowest BCUT2D eigenvalue weighted by molar-refractivity contribution is 0.0210. The van der Waals surface area contributed by atoms with Gasteiger partial charge in [-0.25, -0.2) is 0 Å². The normalized spacial score (nSPS) is 29.1. The van der Waals surface area contributed by atoms with E-state index < -0.39 is 0 Å². The van der Waals surface area contributed by atoms with Gasteiger partial charge in [-0.1, -0.05) is 24.3 Å². The Bertz CT molecular complexity index is 864. The van der Waals surface area contributed by atoms with E-state index in [1.165, 1.54) is 42.6 Å². The van der Waals surface area contributed by atoms with Crippen LogP contribution in [0.3, 0.4) is 0 Å². The van der Waals surface area contributed by atoms with Crippen LogP contribution in [0.25, 0.3) is 5.70 Å². The highest BCUT2D eigenvalue weighted by Gasteiger charge is 2.55. The first-order valence-corrected chi connectivity index (χ1v) is 12.4. The van der Waals surface area contributed by atoms with E-state index in [0.717, 1.165) is 81.1 Å². The number of nitrogens with two attached hydrogens (primary N) is 1. The van der Waals surface area contributed by atoms with Crippen LogP contribution in [0, 0.1) is 23.2 Å². The largest absolute Gasteiger partial charge is 0.397 e. The molecule has 31 heavy (non-hydrogen) atoms. The molecule has 4 nitrogen and oxygen atoms in total. The lowest BCUT2D eigenvalue weighted by Gasteiger charge is -2.38. The Labute approximate surface area is 191 Å². The molecular weight excluding hydrogens is 406 g/mol. The van der Waals surface area contributed by atoms with Crippen molar-refractivity contribution in [3.8, 4) is 0 Å². The summed E-state index contributed by atoms with van der Waals surface area (Å²) >= 11 is 6.45. The zero-order valence-corrected chi connectivity index (χ0v) is 19.4. The maximum absolute atomic E-state index is 6.45. The average Bonchev–Trinajstić information content (AvgIpc) is 3.25. The van der Waals surface area contributed by atoms with Crippen molar-refractivity contribution in [3.05, 3.63) is 47.0 Å². The van der Waals surface area contributed by atoms with E-state index in [2.05, 4.69) is 29.5 Å². The lowest BCUT2D eigenvalue weighted by atomic mass is 9.80. The monoisotopic (exact) mass is 441 g/mol. The van der Waals surface area contributed by atoms with Crippen molar-refractivity contribution in [1.82, 2.24) is 10.2 Å². The first-order chi connectivity index (χ1) is 15.0. The van der Waals surface area contributed by atoms with Crippen LogP contribution in [0.5, 0.6) is 0 Å². The smallest absolute Gasteiger partial charge is 0.0645 e. The third-order valence-electron chi connectivity index (χ3n) is 8.43. The van der Waals surface area contributed by atoms with Crippen molar-refractivity contribution in [2.24, 2.45) is 23.2 Å². The van der Waals surface area contributed by atoms with Crippen LogP contribution in [0.15, 0.2) is 25.3 Å². The molecule has 1 aromatic rings. The van der Waals surface area contributed by atoms with Gasteiger partial charge in [0.05, 0.1) is 10.7 Å². The summed E-state index contributed by atoms with van der Waals surface area (Å²) in [6.45, 7) is 14.9. The number of nitrogens with one attached hydrogen (secondary N) is 1. The van der Waals surface area contributed by atoms with Gasteiger partial charge in [0, 0.05) is 56.1 Å². The second-order valence-corrected chi connectivity index (χ2v) is 10.6. The van der Waals surface area contributed by atoms with E-state index in [1.807, 2.05) is 6.07 Å². The molecule has 2 unspecified atom stereocenters. The van der Waals surface area contributed by atoms with Crippen molar-refractivity contribution in [2.75, 3.05) is 45.1 Å². The number of ether oxygens (including phenoxy) is 1. The molecule has 5 heteroatoms. The number of anilines is 1. The Morgan fingerprint density at radius 1 is 1.23 bits per heavy atom. The fourth-order valence-corrected chi connectivity index (χ4v) is 6.58. The molecule has 2 aliphatic carbocycles. The van der Waals surface area contributed by atoms with Crippen molar-refractivity contribution >= 4 is 23.0 Å². The number of fused-ring (bicyclic) bond motifs is 2. The summed E-state index contributed by atoms with van der Waals surface area (Å²) in [6, 6.07) is 2.02. The van der Waals surface area contributed by atoms with Gasteiger partial charge in [-0.3, -0.25) is 0 Å². The predicted octanol–water partition coefficient (Wildman–Crippen LogP) is 4.52. The molecule has 0 amide bonds. The van der Waals surface area contributed by atoms with Gasteiger partial charge in [0.2, 0.25) is 0 Å². The Kier molecular flexibility index (Phi) is 5.83. The molecule has 168 valence electrons. The van der Waals surface area contributed by atoms with Gasteiger partial charge < -0.3 is 20.7 Å². The number of nitrogens with zero attached hydrogens (tertiary/aromatic N) is 1. The molecule has 3 fully saturated rings. The first-order valence-electron chi connectivity index (χ1n) is 12.0. The standard InChI is InChI=1S/C26H36ClN3O/c1-3-26(8-10-31-11-9-26)16-30-14-22-21(23(22)15-30)13-29-17(2)20-12-24(27)25(28)19-7-5-4-6-18(19)20/h3,12,21-23,29H,1-2,4-11,13-16,28H2. The van der Waals surface area contributed by atoms with Crippen molar-refractivity contribution in [3.63, 3.8) is 0 Å². The van der Waals surface area contributed by atoms with Crippen LogP contribution in [0.2, 0.25) is 5.02 Å². The molecule has 2 aliphatic heterocycles. The minimum Gasteiger partial charge on any atom is -0.397 e. The van der Waals surface area contributed by atoms with Crippen LogP contribution in [-0.4, -0.2) is 44.3 Å². The third-order valence-corrected chi connectivity index (χ3v) is 8.74. The topological polar surface area (TPSA) is 50.5 Å². The quantitative estimate of drug-likeness (QED) is 0.482. The number of hydrogen-bond donors (Lipinski definition) is 2. The predicted molar refractivity (Wildman–Crippen MR) is 129 cm³/mol. The molecule has 2 atom stereocenters. The molecule has 2 saturated heterocycles. The van der Waals surface area contributed by atoms with E-state index in [9.17, 15) is 0 Å². The molecule has 0 spiro atoms. The van der Waals surface area contributed by atoms with E-state index in [1.54, 1.807) is 0 Å². The number of rotatable bonds is 7. The number of likely N-dealkylation sites (tertiary alicyclic amines) is 1. The molecule has 0 aromatic heterocycles. The fraction of sp³-hybridized carbons (Fsp3) is 0.615. The first kappa shape index (κ1) is 21.4. The molecular formula is C26H36ClN3O. The van der Waals surface area contributed by atoms with Gasteiger partial charge in [-0.15, -0.1) is 6.58 Å². The van der Waals surface area contributed by atoms with Gasteiger partial charge in [0.15, 0.2) is 0 Å². The number of halogens is 1. The summed E-state index contributed by atoms with van der Waals surface area (Å²) in [4.78, 5) is 2.67. The second kappa shape index (κ2) is 8.46. The minimum absolute atomic E-state index is 0.255. The van der Waals surface area contributed by atoms with Crippen LogP contribution in [0.1, 0.15) is 42.4 Å². The maximum atomic E-state index is 6.45. The number of benzene rings is 1. The molecule has 0 radical (unpaired) electrons. The summed E-state index contributed by atoms with van der Waals surface area (Å²) < 4.78 is 5.58. The number of piperidine rings is 1. The summed E-state index contributed by atoms with van der Waals surface area (Å²) in [5.74, 6) is 2.42. The maximum Gasteiger partial charge on any atom is 0.0645 e. The van der Waals surface area contributed by atoms with Crippen molar-refractivity contribution in [1.29, 1.82) is 0 Å². The van der Waals surface area contributed by atoms with Gasteiger partial charge in [-0.2, -0.15) is 0 Å². The van der Waals surface area contributed by atoms with E-state index in [-0.39, 0.29) is 5.41 Å². The SMILES string of the molecule is C=CC1(CN2CC3C(CNC(=C)c4cc(Cl)c(N)c5c4CCCC5)C3C2)CCOCC1. The van der Waals surface area contributed by atoms with Gasteiger partial charge >= 0.3 is 0 Å². The highest BCUT2D eigenvalue weighted by atomic mass is 35.5. The summed E-state index contributed by atoms with van der Waals surface area (Å²) in [7, 11) is 0. The molecule has 3 N–H and O–H groups in total.